The zero-order chi connectivity index (χ0) is 20.4. The van der Waals surface area contributed by atoms with Crippen molar-refractivity contribution < 1.29 is 18.3 Å². The van der Waals surface area contributed by atoms with Gasteiger partial charge in [-0.2, -0.15) is 4.31 Å². The quantitative estimate of drug-likeness (QED) is 0.669. The molecule has 0 bridgehead atoms. The van der Waals surface area contributed by atoms with E-state index in [2.05, 4.69) is 10.3 Å². The van der Waals surface area contributed by atoms with Gasteiger partial charge in [0.05, 0.1) is 10.5 Å². The number of piperidine rings is 1. The van der Waals surface area contributed by atoms with Crippen LogP contribution in [0.2, 0.25) is 0 Å². The molecule has 2 aromatic carbocycles. The number of nitrogens with zero attached hydrogens (tertiary/aromatic N) is 2. The first kappa shape index (κ1) is 19.4. The Labute approximate surface area is 169 Å². The number of aromatic nitrogens is 1. The largest absolute Gasteiger partial charge is 0.478 e. The van der Waals surface area contributed by atoms with Crippen molar-refractivity contribution in [1.82, 2.24) is 9.29 Å². The molecule has 1 aromatic heterocycles. The van der Waals surface area contributed by atoms with Crippen molar-refractivity contribution in [1.29, 1.82) is 0 Å². The lowest BCUT2D eigenvalue weighted by molar-refractivity contribution is 0.0696. The van der Waals surface area contributed by atoms with Crippen LogP contribution in [-0.2, 0) is 10.0 Å². The van der Waals surface area contributed by atoms with Gasteiger partial charge in [0.1, 0.15) is 5.82 Å². The predicted octanol–water partition coefficient (Wildman–Crippen LogP) is 3.20. The highest BCUT2D eigenvalue weighted by molar-refractivity contribution is 7.89. The number of sulfonamides is 1. The maximum atomic E-state index is 13.0. The molecule has 0 unspecified atom stereocenters. The summed E-state index contributed by atoms with van der Waals surface area (Å²) in [4.78, 5) is 15.3. The van der Waals surface area contributed by atoms with Crippen LogP contribution in [0.25, 0.3) is 10.8 Å². The van der Waals surface area contributed by atoms with Crippen LogP contribution in [0.4, 0.5) is 5.82 Å². The lowest BCUT2D eigenvalue weighted by Crippen LogP contribution is -2.42. The second-order valence-corrected chi connectivity index (χ2v) is 9.01. The van der Waals surface area contributed by atoms with Crippen molar-refractivity contribution >= 4 is 32.6 Å². The normalized spacial score (nSPS) is 16.0. The van der Waals surface area contributed by atoms with E-state index in [-0.39, 0.29) is 11.6 Å². The first-order valence-corrected chi connectivity index (χ1v) is 10.8. The molecule has 3 aromatic rings. The molecule has 8 heteroatoms. The van der Waals surface area contributed by atoms with Gasteiger partial charge in [0.15, 0.2) is 0 Å². The summed E-state index contributed by atoms with van der Waals surface area (Å²) in [5.41, 5.74) is 0.131. The van der Waals surface area contributed by atoms with Gasteiger partial charge in [-0.05, 0) is 47.9 Å². The van der Waals surface area contributed by atoms with Gasteiger partial charge in [-0.15, -0.1) is 0 Å². The predicted molar refractivity (Wildman–Crippen MR) is 111 cm³/mol. The fourth-order valence-electron chi connectivity index (χ4n) is 3.53. The van der Waals surface area contributed by atoms with Crippen LogP contribution >= 0.6 is 0 Å². The molecule has 0 radical (unpaired) electrons. The van der Waals surface area contributed by atoms with E-state index in [1.807, 2.05) is 30.3 Å². The molecule has 29 heavy (non-hydrogen) atoms. The molecule has 0 aliphatic carbocycles. The lowest BCUT2D eigenvalue weighted by Gasteiger charge is -2.32. The molecule has 4 rings (SSSR count). The third kappa shape index (κ3) is 4.08. The number of fused-ring (bicyclic) bond motifs is 1. The minimum Gasteiger partial charge on any atom is -0.478 e. The summed E-state index contributed by atoms with van der Waals surface area (Å²) in [6.45, 7) is 0.833. The second kappa shape index (κ2) is 7.81. The molecule has 0 atom stereocenters. The van der Waals surface area contributed by atoms with Gasteiger partial charge in [-0.25, -0.2) is 18.2 Å². The summed E-state index contributed by atoms with van der Waals surface area (Å²) >= 11 is 0. The third-order valence-electron chi connectivity index (χ3n) is 5.18. The standard InChI is InChI=1S/C21H21N3O4S/c25-21(26)17-6-8-20(22-14-17)23-18-9-11-24(12-10-18)29(27,28)19-7-5-15-3-1-2-4-16(15)13-19/h1-8,13-14,18H,9-12H2,(H,22,23)(H,25,26). The maximum absolute atomic E-state index is 13.0. The number of hydrogen-bond acceptors (Lipinski definition) is 5. The fraction of sp³-hybridized carbons (Fsp3) is 0.238. The lowest BCUT2D eigenvalue weighted by atomic mass is 10.1. The fourth-order valence-corrected chi connectivity index (χ4v) is 5.04. The van der Waals surface area contributed by atoms with Gasteiger partial charge >= 0.3 is 5.97 Å². The van der Waals surface area contributed by atoms with Crippen LogP contribution in [0.3, 0.4) is 0 Å². The summed E-state index contributed by atoms with van der Waals surface area (Å²) in [5.74, 6) is -0.429. The van der Waals surface area contributed by atoms with Gasteiger partial charge in [-0.3, -0.25) is 0 Å². The molecule has 2 N–H and O–H groups in total. The second-order valence-electron chi connectivity index (χ2n) is 7.07. The molecule has 150 valence electrons. The number of hydrogen-bond donors (Lipinski definition) is 2. The van der Waals surface area contributed by atoms with Crippen LogP contribution < -0.4 is 5.32 Å². The first-order valence-electron chi connectivity index (χ1n) is 9.38. The van der Waals surface area contributed by atoms with Gasteiger partial charge in [0.25, 0.3) is 0 Å². The minimum atomic E-state index is -3.54. The van der Waals surface area contributed by atoms with Gasteiger partial charge in [-0.1, -0.05) is 30.3 Å². The molecule has 0 amide bonds. The average Bonchev–Trinajstić information content (AvgIpc) is 2.74. The molecular weight excluding hydrogens is 390 g/mol. The Kier molecular flexibility index (Phi) is 5.21. The molecule has 7 nitrogen and oxygen atoms in total. The van der Waals surface area contributed by atoms with E-state index in [4.69, 9.17) is 5.11 Å². The molecule has 1 fully saturated rings. The van der Waals surface area contributed by atoms with Crippen LogP contribution in [-0.4, -0.2) is 47.9 Å². The van der Waals surface area contributed by atoms with Gasteiger partial charge in [0, 0.05) is 25.3 Å². The van der Waals surface area contributed by atoms with Crippen molar-refractivity contribution in [3.05, 3.63) is 66.4 Å². The van der Waals surface area contributed by atoms with Gasteiger partial charge < -0.3 is 10.4 Å². The number of benzene rings is 2. The molecule has 2 heterocycles. The van der Waals surface area contributed by atoms with E-state index in [9.17, 15) is 13.2 Å². The SMILES string of the molecule is O=C(O)c1ccc(NC2CCN(S(=O)(=O)c3ccc4ccccc4c3)CC2)nc1. The highest BCUT2D eigenvalue weighted by Crippen LogP contribution is 2.25. The number of carbonyl (C=O) groups is 1. The van der Waals surface area contributed by atoms with Crippen molar-refractivity contribution in [2.75, 3.05) is 18.4 Å². The summed E-state index contributed by atoms with van der Waals surface area (Å²) < 4.78 is 27.6. The summed E-state index contributed by atoms with van der Waals surface area (Å²) in [6, 6.07) is 16.1. The average molecular weight is 411 g/mol. The van der Waals surface area contributed by atoms with E-state index in [1.54, 1.807) is 18.2 Å². The van der Waals surface area contributed by atoms with Crippen LogP contribution in [0.1, 0.15) is 23.2 Å². The van der Waals surface area contributed by atoms with E-state index >= 15 is 0 Å². The Morgan fingerprint density at radius 2 is 1.76 bits per heavy atom. The smallest absolute Gasteiger partial charge is 0.337 e. The first-order chi connectivity index (χ1) is 13.9. The van der Waals surface area contributed by atoms with E-state index in [1.165, 1.54) is 16.6 Å². The summed E-state index contributed by atoms with van der Waals surface area (Å²) in [5, 5.41) is 14.1. The van der Waals surface area contributed by atoms with Crippen molar-refractivity contribution in [2.45, 2.75) is 23.8 Å². The minimum absolute atomic E-state index is 0.0845. The Morgan fingerprint density at radius 3 is 2.41 bits per heavy atom. The monoisotopic (exact) mass is 411 g/mol. The van der Waals surface area contributed by atoms with Crippen molar-refractivity contribution in [2.24, 2.45) is 0 Å². The number of carboxylic acid groups (broad SMARTS) is 1. The van der Waals surface area contributed by atoms with Crippen LogP contribution in [0, 0.1) is 0 Å². The van der Waals surface area contributed by atoms with Crippen molar-refractivity contribution in [3.63, 3.8) is 0 Å². The Bertz CT molecular complexity index is 1140. The summed E-state index contributed by atoms with van der Waals surface area (Å²) in [6.07, 6.45) is 2.61. The number of aromatic carboxylic acids is 1. The highest BCUT2D eigenvalue weighted by atomic mass is 32.2. The molecule has 0 saturated carbocycles. The van der Waals surface area contributed by atoms with Crippen LogP contribution in [0.15, 0.2) is 65.7 Å². The molecule has 0 spiro atoms. The Balaban J connectivity index is 1.42. The van der Waals surface area contributed by atoms with E-state index in [0.717, 1.165) is 10.8 Å². The molecule has 1 aliphatic heterocycles. The Hall–Kier alpha value is -2.97. The van der Waals surface area contributed by atoms with Gasteiger partial charge in [0.2, 0.25) is 10.0 Å². The molecule has 1 aliphatic rings. The van der Waals surface area contributed by atoms with E-state index in [0.29, 0.717) is 36.6 Å². The topological polar surface area (TPSA) is 99.6 Å². The highest BCUT2D eigenvalue weighted by Gasteiger charge is 2.29. The van der Waals surface area contributed by atoms with E-state index < -0.39 is 16.0 Å². The zero-order valence-corrected chi connectivity index (χ0v) is 16.5. The third-order valence-corrected chi connectivity index (χ3v) is 7.07. The Morgan fingerprint density at radius 1 is 1.03 bits per heavy atom. The molecular formula is C21H21N3O4S. The maximum Gasteiger partial charge on any atom is 0.337 e. The van der Waals surface area contributed by atoms with Crippen molar-refractivity contribution in [3.8, 4) is 0 Å². The number of anilines is 1. The summed E-state index contributed by atoms with van der Waals surface area (Å²) in [7, 11) is -3.54. The number of nitrogens with one attached hydrogen (secondary N) is 1. The molecule has 1 saturated heterocycles. The number of pyridine rings is 1. The number of rotatable bonds is 5. The van der Waals surface area contributed by atoms with Crippen LogP contribution in [0.5, 0.6) is 0 Å². The number of carboxylic acids is 1. The zero-order valence-electron chi connectivity index (χ0n) is 15.7.